The maximum absolute atomic E-state index is 11.0. The average molecular weight is 383 g/mol. The summed E-state index contributed by atoms with van der Waals surface area (Å²) in [5.41, 5.74) is 2.05. The zero-order valence-corrected chi connectivity index (χ0v) is 16.5. The first-order valence-electron chi connectivity index (χ1n) is 7.94. The average Bonchev–Trinajstić information content (AvgIpc) is 2.66. The maximum atomic E-state index is 11.0. The van der Waals surface area contributed by atoms with Crippen molar-refractivity contribution >= 4 is 11.7 Å². The normalized spacial score (nSPS) is 27.5. The molecule has 0 amide bonds. The largest absolute Gasteiger partial charge is 1.00 e. The number of nitrogens with zero attached hydrogens (tertiary/aromatic N) is 1. The first-order chi connectivity index (χ1) is 12.4. The molecule has 5 atom stereocenters. The molecule has 4 N–H and O–H groups in total. The number of hydrogen-bond donors (Lipinski definition) is 4. The molecule has 0 saturated carbocycles. The summed E-state index contributed by atoms with van der Waals surface area (Å²) in [5, 5.41) is 51.4. The van der Waals surface area contributed by atoms with Crippen LogP contribution in [-0.2, 0) is 9.53 Å². The Balaban J connectivity index is 0.00000261. The minimum Gasteiger partial charge on any atom is -0.547 e. The molecule has 0 aliphatic carbocycles. The summed E-state index contributed by atoms with van der Waals surface area (Å²) < 4.78 is 5.03. The Morgan fingerprint density at radius 3 is 2.00 bits per heavy atom. The number of hydroxylamine groups is 1. The molecule has 8 nitrogen and oxygen atoms in total. The molecule has 138 valence electrons. The van der Waals surface area contributed by atoms with Crippen LogP contribution in [0.25, 0.3) is 11.1 Å². The molecule has 1 fully saturated rings. The van der Waals surface area contributed by atoms with Gasteiger partial charge in [-0.3, -0.25) is 5.21 Å². The van der Waals surface area contributed by atoms with Crippen molar-refractivity contribution < 1.29 is 64.7 Å². The molecule has 0 aromatic heterocycles. The molecule has 1 aliphatic heterocycles. The molecule has 3 rings (SSSR count). The van der Waals surface area contributed by atoms with Crippen LogP contribution in [-0.4, -0.2) is 57.1 Å². The molecule has 27 heavy (non-hydrogen) atoms. The monoisotopic (exact) mass is 383 g/mol. The van der Waals surface area contributed by atoms with Crippen LogP contribution in [0.1, 0.15) is 0 Å². The number of rotatable bonds is 4. The fraction of sp³-hybridized carbons (Fsp3) is 0.278. The summed E-state index contributed by atoms with van der Waals surface area (Å²) in [7, 11) is 0. The van der Waals surface area contributed by atoms with Crippen molar-refractivity contribution in [2.24, 2.45) is 0 Å². The van der Waals surface area contributed by atoms with E-state index in [0.717, 1.165) is 11.1 Å². The number of carboxylic acids is 1. The van der Waals surface area contributed by atoms with Crippen LogP contribution in [0.5, 0.6) is 0 Å². The SMILES string of the molecule is O=C([O-])[C@H]1O[C@@H](N(O)c2ccc(-c3ccccc3)cc2)[C@H](O)[C@@H](O)[C@@H]1O.[Na+]. The molecule has 1 heterocycles. The fourth-order valence-corrected chi connectivity index (χ4v) is 2.84. The summed E-state index contributed by atoms with van der Waals surface area (Å²) in [4.78, 5) is 11.0. The third-order valence-corrected chi connectivity index (χ3v) is 4.30. The van der Waals surface area contributed by atoms with Gasteiger partial charge in [-0.1, -0.05) is 42.5 Å². The van der Waals surface area contributed by atoms with Gasteiger partial charge in [0.2, 0.25) is 0 Å². The smallest absolute Gasteiger partial charge is 0.547 e. The van der Waals surface area contributed by atoms with E-state index in [2.05, 4.69) is 0 Å². The Hall–Kier alpha value is -1.49. The van der Waals surface area contributed by atoms with Crippen LogP contribution in [0.15, 0.2) is 54.6 Å². The summed E-state index contributed by atoms with van der Waals surface area (Å²) in [6.07, 6.45) is -8.93. The number of aliphatic hydroxyl groups is 3. The number of benzene rings is 2. The van der Waals surface area contributed by atoms with Crippen LogP contribution in [0.2, 0.25) is 0 Å². The second-order valence-electron chi connectivity index (χ2n) is 6.00. The third kappa shape index (κ3) is 4.50. The molecule has 0 bridgehead atoms. The van der Waals surface area contributed by atoms with Crippen LogP contribution >= 0.6 is 0 Å². The second-order valence-corrected chi connectivity index (χ2v) is 6.00. The number of aliphatic carboxylic acids is 1. The van der Waals surface area contributed by atoms with Gasteiger partial charge in [-0.25, -0.2) is 5.06 Å². The van der Waals surface area contributed by atoms with Crippen LogP contribution in [0, 0.1) is 0 Å². The van der Waals surface area contributed by atoms with E-state index in [1.165, 1.54) is 0 Å². The zero-order valence-electron chi connectivity index (χ0n) is 14.5. The van der Waals surface area contributed by atoms with Crippen molar-refractivity contribution in [3.05, 3.63) is 54.6 Å². The molecule has 0 radical (unpaired) electrons. The number of carbonyl (C=O) groups is 1. The Bertz CT molecular complexity index is 758. The van der Waals surface area contributed by atoms with Gasteiger partial charge in [0.25, 0.3) is 0 Å². The zero-order chi connectivity index (χ0) is 18.8. The fourth-order valence-electron chi connectivity index (χ4n) is 2.84. The van der Waals surface area contributed by atoms with Gasteiger partial charge in [0.15, 0.2) is 6.23 Å². The van der Waals surface area contributed by atoms with Crippen LogP contribution < -0.4 is 39.7 Å². The summed E-state index contributed by atoms with van der Waals surface area (Å²) >= 11 is 0. The molecule has 2 aromatic carbocycles. The standard InChI is InChI=1S/C18H19NO7.Na/c20-13-14(21)16(18(23)24)26-17(15(13)22)19(25)12-8-6-11(7-9-12)10-4-2-1-3-5-10;/h1-9,13-17,20-22,25H,(H,23,24);/q;+1/p-1/t13-,14-,15+,16-,17+;/m0./s1. The van der Waals surface area contributed by atoms with E-state index in [9.17, 15) is 30.4 Å². The third-order valence-electron chi connectivity index (χ3n) is 4.30. The van der Waals surface area contributed by atoms with Gasteiger partial charge < -0.3 is 30.0 Å². The molecule has 1 saturated heterocycles. The molecule has 1 aliphatic rings. The molecular weight excluding hydrogens is 365 g/mol. The van der Waals surface area contributed by atoms with Crippen molar-refractivity contribution in [2.45, 2.75) is 30.6 Å². The quantitative estimate of drug-likeness (QED) is 0.311. The van der Waals surface area contributed by atoms with E-state index in [1.807, 2.05) is 30.3 Å². The van der Waals surface area contributed by atoms with Gasteiger partial charge in [-0.15, -0.1) is 0 Å². The number of aliphatic hydroxyl groups excluding tert-OH is 3. The van der Waals surface area contributed by atoms with Gasteiger partial charge in [0, 0.05) is 0 Å². The minimum atomic E-state index is -1.89. The van der Waals surface area contributed by atoms with Gasteiger partial charge in [-0.05, 0) is 23.3 Å². The first kappa shape index (κ1) is 21.8. The predicted molar refractivity (Wildman–Crippen MR) is 87.8 cm³/mol. The Morgan fingerprint density at radius 1 is 0.889 bits per heavy atom. The van der Waals surface area contributed by atoms with E-state index in [0.29, 0.717) is 5.06 Å². The summed E-state index contributed by atoms with van der Waals surface area (Å²) in [6, 6.07) is 16.1. The van der Waals surface area contributed by atoms with Crippen molar-refractivity contribution in [3.8, 4) is 11.1 Å². The predicted octanol–water partition coefficient (Wildman–Crippen LogP) is -3.89. The maximum Gasteiger partial charge on any atom is 1.00 e. The van der Waals surface area contributed by atoms with Gasteiger partial charge in [0.05, 0.1) is 11.7 Å². The molecule has 0 spiro atoms. The number of hydrogen-bond acceptors (Lipinski definition) is 8. The van der Waals surface area contributed by atoms with E-state index >= 15 is 0 Å². The first-order valence-corrected chi connectivity index (χ1v) is 7.94. The van der Waals surface area contributed by atoms with Crippen LogP contribution in [0.3, 0.4) is 0 Å². The van der Waals surface area contributed by atoms with E-state index in [4.69, 9.17) is 4.74 Å². The van der Waals surface area contributed by atoms with Gasteiger partial charge in [0.1, 0.15) is 24.4 Å². The molecule has 0 unspecified atom stereocenters. The molecule has 2 aromatic rings. The van der Waals surface area contributed by atoms with Crippen LogP contribution in [0.4, 0.5) is 5.69 Å². The number of carboxylic acid groups (broad SMARTS) is 1. The number of anilines is 1. The molecular formula is C18H18NNaO7. The van der Waals surface area contributed by atoms with E-state index < -0.39 is 36.6 Å². The molecule has 9 heteroatoms. The van der Waals surface area contributed by atoms with Gasteiger partial charge >= 0.3 is 29.6 Å². The summed E-state index contributed by atoms with van der Waals surface area (Å²) in [5.74, 6) is -1.76. The van der Waals surface area contributed by atoms with Crippen molar-refractivity contribution in [1.29, 1.82) is 0 Å². The second kappa shape index (κ2) is 9.13. The van der Waals surface area contributed by atoms with E-state index in [1.54, 1.807) is 24.3 Å². The van der Waals surface area contributed by atoms with Crippen molar-refractivity contribution in [2.75, 3.05) is 5.06 Å². The van der Waals surface area contributed by atoms with E-state index in [-0.39, 0.29) is 35.2 Å². The Morgan fingerprint density at radius 2 is 1.44 bits per heavy atom. The minimum absolute atomic E-state index is 0. The Labute approximate surface area is 177 Å². The number of carbonyl (C=O) groups excluding carboxylic acids is 1. The van der Waals surface area contributed by atoms with Gasteiger partial charge in [-0.2, -0.15) is 0 Å². The summed E-state index contributed by atoms with van der Waals surface area (Å²) in [6.45, 7) is 0. The van der Waals surface area contributed by atoms with Crippen molar-refractivity contribution in [1.82, 2.24) is 0 Å². The Kier molecular flexibility index (Phi) is 7.38. The van der Waals surface area contributed by atoms with Crippen molar-refractivity contribution in [3.63, 3.8) is 0 Å². The topological polar surface area (TPSA) is 134 Å². The number of ether oxygens (including phenoxy) is 1.